The Morgan fingerprint density at radius 3 is 0.780 bits per heavy atom. The van der Waals surface area contributed by atoms with Crippen LogP contribution in [0.1, 0.15) is 41.4 Å². The summed E-state index contributed by atoms with van der Waals surface area (Å²) < 4.78 is 130. The number of para-hydroxylation sites is 2. The van der Waals surface area contributed by atoms with E-state index in [1.165, 1.54) is 60.7 Å². The second-order valence-corrected chi connectivity index (χ2v) is 11.6. The van der Waals surface area contributed by atoms with Gasteiger partial charge in [0.2, 0.25) is 0 Å². The van der Waals surface area contributed by atoms with Crippen LogP contribution in [0.3, 0.4) is 0 Å². The highest BCUT2D eigenvalue weighted by Gasteiger charge is 2.46. The minimum Gasteiger partial charge on any atom is -0.268 e. The number of fused-ring (bicyclic) bond motifs is 2. The number of benzene rings is 7. The van der Waals surface area contributed by atoms with E-state index in [0.717, 1.165) is 0 Å². The lowest BCUT2D eigenvalue weighted by atomic mass is 9.80. The maximum atomic E-state index is 16.4. The van der Waals surface area contributed by atoms with Crippen molar-refractivity contribution in [1.82, 2.24) is 0 Å². The third-order valence-electron chi connectivity index (χ3n) is 9.22. The molecule has 2 aliphatic heterocycles. The van der Waals surface area contributed by atoms with Crippen LogP contribution in [0.2, 0.25) is 0 Å². The SMILES string of the molecule is O=C1c2c(F)c(F)c3c4c(F)c(F)c5c6c(c(F)c(F)c(c7c(F)c(F)c(c2c37)C(=O)N1c1ccccc1)c64)C(=O)N(c1ccccc1)C5=O. The predicted molar refractivity (Wildman–Crippen MR) is 162 cm³/mol. The van der Waals surface area contributed by atoms with Gasteiger partial charge in [0.15, 0.2) is 46.5 Å². The molecule has 0 bridgehead atoms. The molecule has 0 fully saturated rings. The van der Waals surface area contributed by atoms with E-state index in [1.807, 2.05) is 0 Å². The fraction of sp³-hybridized carbons (Fsp3) is 0. The van der Waals surface area contributed by atoms with Crippen LogP contribution in [0, 0.1) is 46.5 Å². The van der Waals surface area contributed by atoms with E-state index in [4.69, 9.17) is 0 Å². The summed E-state index contributed by atoms with van der Waals surface area (Å²) >= 11 is 0. The Kier molecular flexibility index (Phi) is 5.69. The minimum absolute atomic E-state index is 0.239. The molecule has 0 atom stereocenters. The molecule has 0 saturated heterocycles. The van der Waals surface area contributed by atoms with Crippen molar-refractivity contribution in [3.05, 3.63) is 129 Å². The molecule has 0 radical (unpaired) electrons. The first-order chi connectivity index (χ1) is 23.9. The molecule has 0 unspecified atom stereocenters. The fourth-order valence-corrected chi connectivity index (χ4v) is 7.25. The van der Waals surface area contributed by atoms with Crippen molar-refractivity contribution >= 4 is 78.1 Å². The average Bonchev–Trinajstić information content (AvgIpc) is 3.10. The third kappa shape index (κ3) is 3.23. The Hall–Kier alpha value is -6.44. The number of halogens is 8. The predicted octanol–water partition coefficient (Wildman–Crippen LogP) is 8.45. The van der Waals surface area contributed by atoms with E-state index in [2.05, 4.69) is 0 Å². The van der Waals surface area contributed by atoms with E-state index >= 15 is 35.1 Å². The van der Waals surface area contributed by atoms with Gasteiger partial charge in [0.1, 0.15) is 0 Å². The molecule has 0 aromatic heterocycles. The van der Waals surface area contributed by atoms with Crippen molar-refractivity contribution in [2.24, 2.45) is 0 Å². The van der Waals surface area contributed by atoms with Crippen LogP contribution < -0.4 is 9.80 Å². The molecular weight excluding hydrogens is 676 g/mol. The highest BCUT2D eigenvalue weighted by atomic mass is 19.2. The van der Waals surface area contributed by atoms with E-state index < -0.39 is 136 Å². The van der Waals surface area contributed by atoms with Crippen molar-refractivity contribution in [2.45, 2.75) is 0 Å². The van der Waals surface area contributed by atoms with Crippen molar-refractivity contribution in [2.75, 3.05) is 9.80 Å². The number of hydrogen-bond donors (Lipinski definition) is 0. The zero-order valence-electron chi connectivity index (χ0n) is 24.3. The van der Waals surface area contributed by atoms with Crippen molar-refractivity contribution < 1.29 is 54.3 Å². The number of imide groups is 2. The Bertz CT molecular complexity index is 2490. The first-order valence-electron chi connectivity index (χ1n) is 14.5. The zero-order valence-corrected chi connectivity index (χ0v) is 24.3. The topological polar surface area (TPSA) is 74.8 Å². The van der Waals surface area contributed by atoms with Crippen molar-refractivity contribution in [3.63, 3.8) is 0 Å². The smallest absolute Gasteiger partial charge is 0.268 e. The van der Waals surface area contributed by atoms with Crippen molar-refractivity contribution in [1.29, 1.82) is 0 Å². The molecule has 14 heteroatoms. The van der Waals surface area contributed by atoms with Crippen LogP contribution in [0.5, 0.6) is 0 Å². The molecule has 7 aromatic carbocycles. The lowest BCUT2D eigenvalue weighted by Crippen LogP contribution is -2.42. The van der Waals surface area contributed by atoms with Gasteiger partial charge in [0.05, 0.1) is 33.6 Å². The molecule has 0 N–H and O–H groups in total. The van der Waals surface area contributed by atoms with Crippen LogP contribution >= 0.6 is 0 Å². The molecule has 0 aliphatic carbocycles. The van der Waals surface area contributed by atoms with Gasteiger partial charge in [-0.1, -0.05) is 36.4 Å². The average molecular weight is 686 g/mol. The summed E-state index contributed by atoms with van der Waals surface area (Å²) in [5.41, 5.74) is -5.85. The number of amides is 4. The summed E-state index contributed by atoms with van der Waals surface area (Å²) in [4.78, 5) is 55.2. The Morgan fingerprint density at radius 1 is 0.300 bits per heavy atom. The Balaban J connectivity index is 1.54. The van der Waals surface area contributed by atoms with Gasteiger partial charge in [-0.3, -0.25) is 19.2 Å². The quantitative estimate of drug-likeness (QED) is 0.0792. The second-order valence-electron chi connectivity index (χ2n) is 11.6. The molecule has 50 heavy (non-hydrogen) atoms. The summed E-state index contributed by atoms with van der Waals surface area (Å²) in [5.74, 6) is -23.2. The number of carbonyl (C=O) groups is 4. The number of anilines is 2. The van der Waals surface area contributed by atoms with Crippen LogP contribution in [0.4, 0.5) is 46.5 Å². The molecule has 6 nitrogen and oxygen atoms in total. The van der Waals surface area contributed by atoms with E-state index in [-0.39, 0.29) is 21.2 Å². The summed E-state index contributed by atoms with van der Waals surface area (Å²) in [5, 5.41) is -10.1. The fourth-order valence-electron chi connectivity index (χ4n) is 7.25. The van der Waals surface area contributed by atoms with Crippen molar-refractivity contribution in [3.8, 4) is 0 Å². The number of carbonyl (C=O) groups excluding carboxylic acids is 4. The van der Waals surface area contributed by atoms with Gasteiger partial charge in [-0.05, 0) is 24.3 Å². The summed E-state index contributed by atoms with van der Waals surface area (Å²) in [6.45, 7) is 0. The molecule has 0 saturated carbocycles. The van der Waals surface area contributed by atoms with Gasteiger partial charge in [0, 0.05) is 43.1 Å². The minimum atomic E-state index is -2.13. The maximum absolute atomic E-state index is 16.4. The largest absolute Gasteiger partial charge is 0.269 e. The molecule has 7 aromatic rings. The molecular formula is C36H10F8N2O4. The van der Waals surface area contributed by atoms with E-state index in [0.29, 0.717) is 0 Å². The molecule has 244 valence electrons. The number of rotatable bonds is 2. The van der Waals surface area contributed by atoms with Crippen LogP contribution in [0.25, 0.3) is 43.1 Å². The van der Waals surface area contributed by atoms with E-state index in [9.17, 15) is 19.2 Å². The summed E-state index contributed by atoms with van der Waals surface area (Å²) in [6, 6.07) is 13.0. The molecule has 2 aliphatic rings. The molecule has 2 heterocycles. The lowest BCUT2D eigenvalue weighted by molar-refractivity contribution is 0.0871. The van der Waals surface area contributed by atoms with E-state index in [1.54, 1.807) is 0 Å². The number of nitrogens with zero attached hydrogens (tertiary/aromatic N) is 2. The lowest BCUT2D eigenvalue weighted by Gasteiger charge is -2.31. The highest BCUT2D eigenvalue weighted by Crippen LogP contribution is 2.52. The first-order valence-corrected chi connectivity index (χ1v) is 14.5. The Morgan fingerprint density at radius 2 is 0.540 bits per heavy atom. The van der Waals surface area contributed by atoms with Crippen LogP contribution in [-0.4, -0.2) is 23.6 Å². The molecule has 9 rings (SSSR count). The normalized spacial score (nSPS) is 14.5. The first kappa shape index (κ1) is 29.7. The van der Waals surface area contributed by atoms with Crippen LogP contribution in [-0.2, 0) is 0 Å². The summed E-state index contributed by atoms with van der Waals surface area (Å²) in [7, 11) is 0. The standard InChI is InChI=1S/C36H10F8N2O4/c37-25-17-13-15-21(29(25)41)33(47)45(11-7-3-1-4-8-11)34(48)22(15)30(42)26(38)18(13)20-14-16-23(31(43)27(39)19(14)17)35(49)46(12-9-5-2-6-10-12)36(50)24(16)32(44)28(20)40/h1-10H. The highest BCUT2D eigenvalue weighted by molar-refractivity contribution is 6.45. The van der Waals surface area contributed by atoms with Gasteiger partial charge in [-0.25, -0.2) is 44.9 Å². The zero-order chi connectivity index (χ0) is 35.2. The maximum Gasteiger partial charge on any atom is 0.269 e. The monoisotopic (exact) mass is 686 g/mol. The third-order valence-corrected chi connectivity index (χ3v) is 9.22. The van der Waals surface area contributed by atoms with Gasteiger partial charge in [-0.2, -0.15) is 0 Å². The van der Waals surface area contributed by atoms with Crippen LogP contribution in [0.15, 0.2) is 60.7 Å². The molecule has 0 spiro atoms. The molecule has 4 amide bonds. The second kappa shape index (κ2) is 9.59. The van der Waals surface area contributed by atoms with Gasteiger partial charge >= 0.3 is 0 Å². The van der Waals surface area contributed by atoms with Gasteiger partial charge in [0.25, 0.3) is 23.6 Å². The number of hydrogen-bond acceptors (Lipinski definition) is 4. The summed E-state index contributed by atoms with van der Waals surface area (Å²) in [6.07, 6.45) is 0. The van der Waals surface area contributed by atoms with Gasteiger partial charge < -0.3 is 0 Å². The Labute approximate surface area is 271 Å². The van der Waals surface area contributed by atoms with Gasteiger partial charge in [-0.15, -0.1) is 0 Å².